The number of anilines is 1. The Hall–Kier alpha value is -3.39. The van der Waals surface area contributed by atoms with E-state index >= 15 is 0 Å². The van der Waals surface area contributed by atoms with Crippen molar-refractivity contribution in [2.45, 2.75) is 27.2 Å². The molecule has 27 heavy (non-hydrogen) atoms. The van der Waals surface area contributed by atoms with Gasteiger partial charge in [0, 0.05) is 17.7 Å². The molecule has 1 amide bonds. The largest absolute Gasteiger partial charge is 0.324 e. The van der Waals surface area contributed by atoms with Gasteiger partial charge < -0.3 is 10.3 Å². The maximum absolute atomic E-state index is 12.6. The van der Waals surface area contributed by atoms with Crippen molar-refractivity contribution >= 4 is 22.5 Å². The Balaban J connectivity index is 1.88. The number of hydrogen-bond acceptors (Lipinski definition) is 3. The zero-order chi connectivity index (χ0) is 19.6. The molecule has 1 aromatic heterocycles. The molecule has 2 N–H and O–H groups in total. The number of H-pyrrole nitrogens is 1. The number of para-hydroxylation sites is 2. The Kier molecular flexibility index (Phi) is 5.09. The van der Waals surface area contributed by atoms with Crippen LogP contribution >= 0.6 is 0 Å². The highest BCUT2D eigenvalue weighted by atomic mass is 16.2. The van der Waals surface area contributed by atoms with E-state index in [0.717, 1.165) is 27.6 Å². The Morgan fingerprint density at radius 2 is 1.74 bits per heavy atom. The molecule has 0 radical (unpaired) electrons. The molecule has 136 valence electrons. The molecule has 3 aromatic rings. The number of fused-ring (bicyclic) bond motifs is 1. The fourth-order valence-electron chi connectivity index (χ4n) is 3.22. The van der Waals surface area contributed by atoms with Crippen molar-refractivity contribution in [1.29, 1.82) is 5.26 Å². The van der Waals surface area contributed by atoms with E-state index in [1.165, 1.54) is 0 Å². The van der Waals surface area contributed by atoms with E-state index < -0.39 is 11.8 Å². The van der Waals surface area contributed by atoms with Gasteiger partial charge in [0.2, 0.25) is 5.91 Å². The third kappa shape index (κ3) is 3.75. The van der Waals surface area contributed by atoms with Gasteiger partial charge in [0.05, 0.1) is 11.6 Å². The number of nitriles is 1. The Bertz CT molecular complexity index is 1100. The van der Waals surface area contributed by atoms with Crippen molar-refractivity contribution in [3.8, 4) is 6.07 Å². The predicted molar refractivity (Wildman–Crippen MR) is 107 cm³/mol. The van der Waals surface area contributed by atoms with Gasteiger partial charge >= 0.3 is 0 Å². The highest BCUT2D eigenvalue weighted by Gasteiger charge is 2.21. The molecule has 0 bridgehead atoms. The number of aryl methyl sites for hydroxylation is 3. The molecule has 5 heteroatoms. The molecule has 0 spiro atoms. The van der Waals surface area contributed by atoms with Crippen molar-refractivity contribution in [2.24, 2.45) is 5.92 Å². The predicted octanol–water partition coefficient (Wildman–Crippen LogP) is 3.77. The van der Waals surface area contributed by atoms with Crippen LogP contribution in [0.15, 0.2) is 47.3 Å². The molecule has 0 aliphatic carbocycles. The molecule has 1 heterocycles. The van der Waals surface area contributed by atoms with Crippen LogP contribution < -0.4 is 10.9 Å². The van der Waals surface area contributed by atoms with Crippen LogP contribution in [0.25, 0.3) is 10.9 Å². The summed E-state index contributed by atoms with van der Waals surface area (Å²) in [4.78, 5) is 27.9. The number of hydrogen-bond donors (Lipinski definition) is 2. The molecular formula is C22H21N3O2. The lowest BCUT2D eigenvalue weighted by Gasteiger charge is -2.14. The number of carbonyl (C=O) groups excluding carboxylic acids is 1. The molecule has 1 atom stereocenters. The van der Waals surface area contributed by atoms with Crippen LogP contribution in [0.2, 0.25) is 0 Å². The van der Waals surface area contributed by atoms with Crippen LogP contribution in [0.4, 0.5) is 5.69 Å². The maximum atomic E-state index is 12.6. The molecule has 3 rings (SSSR count). The highest BCUT2D eigenvalue weighted by molar-refractivity contribution is 5.95. The first-order chi connectivity index (χ1) is 12.9. The second-order valence-corrected chi connectivity index (χ2v) is 6.80. The second-order valence-electron chi connectivity index (χ2n) is 6.80. The van der Waals surface area contributed by atoms with E-state index in [-0.39, 0.29) is 12.0 Å². The maximum Gasteiger partial charge on any atom is 0.251 e. The number of aromatic nitrogens is 1. The van der Waals surface area contributed by atoms with E-state index in [2.05, 4.69) is 10.3 Å². The summed E-state index contributed by atoms with van der Waals surface area (Å²) in [5, 5.41) is 13.2. The third-order valence-corrected chi connectivity index (χ3v) is 4.79. The Morgan fingerprint density at radius 1 is 1.11 bits per heavy atom. The van der Waals surface area contributed by atoms with Crippen LogP contribution in [0.3, 0.4) is 0 Å². The molecule has 0 saturated heterocycles. The number of carbonyl (C=O) groups is 1. The molecule has 0 fully saturated rings. The lowest BCUT2D eigenvalue weighted by atomic mass is 9.98. The number of pyridine rings is 1. The number of amides is 1. The minimum atomic E-state index is -0.952. The van der Waals surface area contributed by atoms with E-state index in [1.807, 2.05) is 63.2 Å². The van der Waals surface area contributed by atoms with Crippen LogP contribution in [-0.2, 0) is 11.2 Å². The standard InChI is InChI=1S/C22H21N3O2/c1-13-6-4-7-14(2)19(13)24-22(27)18(12-23)11-17-10-16-9-5-8-15(3)20(16)25-21(17)26/h4-10,18H,11H2,1-3H3,(H,24,27)(H,25,26). The highest BCUT2D eigenvalue weighted by Crippen LogP contribution is 2.21. The first kappa shape index (κ1) is 18.4. The monoisotopic (exact) mass is 359 g/mol. The van der Waals surface area contributed by atoms with Crippen LogP contribution in [0.5, 0.6) is 0 Å². The van der Waals surface area contributed by atoms with Gasteiger partial charge in [-0.25, -0.2) is 0 Å². The molecule has 5 nitrogen and oxygen atoms in total. The quantitative estimate of drug-likeness (QED) is 0.743. The SMILES string of the molecule is Cc1cccc(C)c1NC(=O)C(C#N)Cc1cc2cccc(C)c2[nH]c1=O. The topological polar surface area (TPSA) is 85.8 Å². The fourth-order valence-corrected chi connectivity index (χ4v) is 3.22. The van der Waals surface area contributed by atoms with Crippen molar-refractivity contribution < 1.29 is 4.79 Å². The first-order valence-electron chi connectivity index (χ1n) is 8.79. The zero-order valence-corrected chi connectivity index (χ0v) is 15.6. The summed E-state index contributed by atoms with van der Waals surface area (Å²) in [5.74, 6) is -1.36. The smallest absolute Gasteiger partial charge is 0.251 e. The third-order valence-electron chi connectivity index (χ3n) is 4.79. The van der Waals surface area contributed by atoms with E-state index in [0.29, 0.717) is 11.3 Å². The minimum Gasteiger partial charge on any atom is -0.324 e. The van der Waals surface area contributed by atoms with E-state index in [4.69, 9.17) is 0 Å². The molecule has 2 aromatic carbocycles. The van der Waals surface area contributed by atoms with Gasteiger partial charge in [-0.3, -0.25) is 9.59 Å². The van der Waals surface area contributed by atoms with Crippen molar-refractivity contribution in [1.82, 2.24) is 4.98 Å². The zero-order valence-electron chi connectivity index (χ0n) is 15.6. The normalized spacial score (nSPS) is 11.8. The summed E-state index contributed by atoms with van der Waals surface area (Å²) in [5.41, 5.74) is 4.48. The lowest BCUT2D eigenvalue weighted by molar-refractivity contribution is -0.118. The van der Waals surface area contributed by atoms with Crippen molar-refractivity contribution in [3.05, 3.63) is 75.1 Å². The van der Waals surface area contributed by atoms with Gasteiger partial charge in [-0.2, -0.15) is 5.26 Å². The van der Waals surface area contributed by atoms with Gasteiger partial charge in [0.25, 0.3) is 5.56 Å². The van der Waals surface area contributed by atoms with E-state index in [9.17, 15) is 14.9 Å². The van der Waals surface area contributed by atoms with Gasteiger partial charge in [0.1, 0.15) is 5.92 Å². The summed E-state index contributed by atoms with van der Waals surface area (Å²) >= 11 is 0. The summed E-state index contributed by atoms with van der Waals surface area (Å²) in [6.07, 6.45) is 0.0620. The van der Waals surface area contributed by atoms with Crippen molar-refractivity contribution in [3.63, 3.8) is 0 Å². The Labute approximate surface area is 157 Å². The van der Waals surface area contributed by atoms with Crippen LogP contribution in [0.1, 0.15) is 22.3 Å². The van der Waals surface area contributed by atoms with Crippen LogP contribution in [-0.4, -0.2) is 10.9 Å². The number of nitrogens with one attached hydrogen (secondary N) is 2. The summed E-state index contributed by atoms with van der Waals surface area (Å²) in [7, 11) is 0. The fraction of sp³-hybridized carbons (Fsp3) is 0.227. The lowest BCUT2D eigenvalue weighted by Crippen LogP contribution is -2.26. The summed E-state index contributed by atoms with van der Waals surface area (Å²) in [6, 6.07) is 15.3. The van der Waals surface area contributed by atoms with Gasteiger partial charge in [0.15, 0.2) is 0 Å². The van der Waals surface area contributed by atoms with Gasteiger partial charge in [-0.15, -0.1) is 0 Å². The minimum absolute atomic E-state index is 0.0620. The number of nitrogens with zero attached hydrogens (tertiary/aromatic N) is 1. The molecule has 0 saturated carbocycles. The average Bonchev–Trinajstić information content (AvgIpc) is 2.64. The summed E-state index contributed by atoms with van der Waals surface area (Å²) < 4.78 is 0. The van der Waals surface area contributed by atoms with Crippen molar-refractivity contribution in [2.75, 3.05) is 5.32 Å². The average molecular weight is 359 g/mol. The number of aromatic amines is 1. The number of benzene rings is 2. The Morgan fingerprint density at radius 3 is 2.41 bits per heavy atom. The van der Waals surface area contributed by atoms with Crippen LogP contribution in [0, 0.1) is 38.0 Å². The van der Waals surface area contributed by atoms with Gasteiger partial charge in [-0.05, 0) is 48.9 Å². The first-order valence-corrected chi connectivity index (χ1v) is 8.79. The molecular weight excluding hydrogens is 338 g/mol. The van der Waals surface area contributed by atoms with E-state index in [1.54, 1.807) is 6.07 Å². The molecule has 0 aliphatic heterocycles. The molecule has 1 unspecified atom stereocenters. The number of rotatable bonds is 4. The molecule has 0 aliphatic rings. The van der Waals surface area contributed by atoms with Gasteiger partial charge in [-0.1, -0.05) is 36.4 Å². The summed E-state index contributed by atoms with van der Waals surface area (Å²) in [6.45, 7) is 5.73. The second kappa shape index (κ2) is 7.46.